The molecule has 1 aliphatic rings. The van der Waals surface area contributed by atoms with Crippen LogP contribution in [0.1, 0.15) is 23.8 Å². The zero-order valence-corrected chi connectivity index (χ0v) is 13.6. The van der Waals surface area contributed by atoms with Gasteiger partial charge in [0, 0.05) is 24.2 Å². The minimum absolute atomic E-state index is 0.0776. The van der Waals surface area contributed by atoms with Crippen molar-refractivity contribution >= 4 is 11.6 Å². The number of aromatic nitrogens is 2. The summed E-state index contributed by atoms with van der Waals surface area (Å²) in [5, 5.41) is 4.05. The van der Waals surface area contributed by atoms with E-state index in [9.17, 15) is 9.18 Å². The Kier molecular flexibility index (Phi) is 3.80. The molecule has 0 spiro atoms. The molecule has 25 heavy (non-hydrogen) atoms. The largest absolute Gasteiger partial charge is 0.339 e. The van der Waals surface area contributed by atoms with Crippen LogP contribution in [0.15, 0.2) is 53.1 Å². The quantitative estimate of drug-likeness (QED) is 0.731. The van der Waals surface area contributed by atoms with Crippen LogP contribution in [0.4, 0.5) is 10.1 Å². The maximum atomic E-state index is 13.4. The minimum Gasteiger partial charge on any atom is -0.339 e. The standard InChI is InChI=1S/C19H16FN3O2/c1-12-5-2-3-8-16(12)18-21-19(25-22-18)13-9-17(24)23(11-13)15-7-4-6-14(20)10-15/h2-8,10,13H,9,11H2,1H3. The average molecular weight is 337 g/mol. The molecular formula is C19H16FN3O2. The van der Waals surface area contributed by atoms with Crippen LogP contribution in [0.5, 0.6) is 0 Å². The summed E-state index contributed by atoms with van der Waals surface area (Å²) in [5.41, 5.74) is 2.51. The highest BCUT2D eigenvalue weighted by Gasteiger charge is 2.35. The fourth-order valence-electron chi connectivity index (χ4n) is 3.10. The number of nitrogens with zero attached hydrogens (tertiary/aromatic N) is 3. The van der Waals surface area contributed by atoms with Crippen molar-refractivity contribution in [3.8, 4) is 11.4 Å². The van der Waals surface area contributed by atoms with Crippen LogP contribution in [-0.2, 0) is 4.79 Å². The number of amides is 1. The highest BCUT2D eigenvalue weighted by molar-refractivity contribution is 5.96. The zero-order chi connectivity index (χ0) is 17.4. The van der Waals surface area contributed by atoms with E-state index in [0.29, 0.717) is 23.9 Å². The number of rotatable bonds is 3. The monoisotopic (exact) mass is 337 g/mol. The predicted molar refractivity (Wildman–Crippen MR) is 90.6 cm³/mol. The second-order valence-electron chi connectivity index (χ2n) is 6.16. The first-order valence-electron chi connectivity index (χ1n) is 8.07. The normalized spacial score (nSPS) is 17.3. The molecule has 2 heterocycles. The summed E-state index contributed by atoms with van der Waals surface area (Å²) in [6.45, 7) is 2.38. The van der Waals surface area contributed by atoms with Crippen molar-refractivity contribution in [2.45, 2.75) is 19.3 Å². The van der Waals surface area contributed by atoms with Crippen LogP contribution in [0, 0.1) is 12.7 Å². The first-order chi connectivity index (χ1) is 12.1. The Labute approximate surface area is 144 Å². The highest BCUT2D eigenvalue weighted by Crippen LogP contribution is 2.32. The van der Waals surface area contributed by atoms with Gasteiger partial charge in [-0.25, -0.2) is 4.39 Å². The van der Waals surface area contributed by atoms with Gasteiger partial charge in [0.15, 0.2) is 0 Å². The Morgan fingerprint density at radius 3 is 2.84 bits per heavy atom. The molecule has 5 nitrogen and oxygen atoms in total. The van der Waals surface area contributed by atoms with Crippen LogP contribution in [0.25, 0.3) is 11.4 Å². The molecule has 0 N–H and O–H groups in total. The van der Waals surface area contributed by atoms with E-state index in [-0.39, 0.29) is 24.1 Å². The van der Waals surface area contributed by atoms with Gasteiger partial charge in [0.1, 0.15) is 5.82 Å². The van der Waals surface area contributed by atoms with Crippen molar-refractivity contribution in [1.82, 2.24) is 10.1 Å². The van der Waals surface area contributed by atoms with Crippen molar-refractivity contribution < 1.29 is 13.7 Å². The molecule has 1 amide bonds. The molecule has 0 radical (unpaired) electrons. The van der Waals surface area contributed by atoms with E-state index in [2.05, 4.69) is 10.1 Å². The molecule has 0 saturated carbocycles. The number of hydrogen-bond donors (Lipinski definition) is 0. The molecule has 1 aromatic heterocycles. The summed E-state index contributed by atoms with van der Waals surface area (Å²) < 4.78 is 18.8. The van der Waals surface area contributed by atoms with Gasteiger partial charge in [0.25, 0.3) is 0 Å². The Morgan fingerprint density at radius 2 is 2.04 bits per heavy atom. The molecule has 6 heteroatoms. The first-order valence-corrected chi connectivity index (χ1v) is 8.07. The molecular weight excluding hydrogens is 321 g/mol. The number of hydrogen-bond acceptors (Lipinski definition) is 4. The maximum Gasteiger partial charge on any atom is 0.232 e. The number of aryl methyl sites for hydroxylation is 1. The van der Waals surface area contributed by atoms with Crippen molar-refractivity contribution in [3.05, 3.63) is 65.8 Å². The third-order valence-electron chi connectivity index (χ3n) is 4.42. The molecule has 0 aliphatic carbocycles. The average Bonchev–Trinajstić information content (AvgIpc) is 3.22. The fourth-order valence-corrected chi connectivity index (χ4v) is 3.10. The molecule has 1 fully saturated rings. The smallest absolute Gasteiger partial charge is 0.232 e. The molecule has 4 rings (SSSR count). The van der Waals surface area contributed by atoms with Crippen LogP contribution < -0.4 is 4.90 Å². The Bertz CT molecular complexity index is 938. The summed E-state index contributed by atoms with van der Waals surface area (Å²) in [6, 6.07) is 13.8. The van der Waals surface area contributed by atoms with E-state index in [0.717, 1.165) is 11.1 Å². The third kappa shape index (κ3) is 2.91. The molecule has 3 aromatic rings. The number of halogens is 1. The number of anilines is 1. The van der Waals surface area contributed by atoms with Crippen molar-refractivity contribution in [3.63, 3.8) is 0 Å². The minimum atomic E-state index is -0.367. The van der Waals surface area contributed by atoms with Crippen LogP contribution >= 0.6 is 0 Å². The van der Waals surface area contributed by atoms with Crippen LogP contribution in [0.2, 0.25) is 0 Å². The van der Waals surface area contributed by atoms with Gasteiger partial charge in [-0.15, -0.1) is 0 Å². The molecule has 2 aromatic carbocycles. The van der Waals surface area contributed by atoms with Gasteiger partial charge >= 0.3 is 0 Å². The summed E-state index contributed by atoms with van der Waals surface area (Å²) in [7, 11) is 0. The lowest BCUT2D eigenvalue weighted by Gasteiger charge is -2.15. The highest BCUT2D eigenvalue weighted by atomic mass is 19.1. The van der Waals surface area contributed by atoms with E-state index in [1.807, 2.05) is 31.2 Å². The fraction of sp³-hybridized carbons (Fsp3) is 0.211. The molecule has 0 bridgehead atoms. The van der Waals surface area contributed by atoms with Gasteiger partial charge < -0.3 is 9.42 Å². The summed E-state index contributed by atoms with van der Waals surface area (Å²) in [6.07, 6.45) is 0.270. The SMILES string of the molecule is Cc1ccccc1-c1noc(C2CC(=O)N(c3cccc(F)c3)C2)n1. The maximum absolute atomic E-state index is 13.4. The lowest BCUT2D eigenvalue weighted by molar-refractivity contribution is -0.117. The summed E-state index contributed by atoms with van der Waals surface area (Å²) in [4.78, 5) is 18.3. The topological polar surface area (TPSA) is 59.2 Å². The van der Waals surface area contributed by atoms with Gasteiger partial charge in [0.2, 0.25) is 17.6 Å². The van der Waals surface area contributed by atoms with E-state index < -0.39 is 0 Å². The lowest BCUT2D eigenvalue weighted by Crippen LogP contribution is -2.24. The molecule has 1 saturated heterocycles. The second-order valence-corrected chi connectivity index (χ2v) is 6.16. The van der Waals surface area contributed by atoms with E-state index >= 15 is 0 Å². The van der Waals surface area contributed by atoms with Gasteiger partial charge in [-0.2, -0.15) is 4.98 Å². The van der Waals surface area contributed by atoms with Crippen LogP contribution in [-0.4, -0.2) is 22.6 Å². The number of benzene rings is 2. The van der Waals surface area contributed by atoms with Gasteiger partial charge in [-0.1, -0.05) is 35.5 Å². The Balaban J connectivity index is 1.58. The lowest BCUT2D eigenvalue weighted by atomic mass is 10.1. The second kappa shape index (κ2) is 6.12. The van der Waals surface area contributed by atoms with Gasteiger partial charge in [-0.3, -0.25) is 4.79 Å². The molecule has 126 valence electrons. The van der Waals surface area contributed by atoms with E-state index in [4.69, 9.17) is 4.52 Å². The van der Waals surface area contributed by atoms with Gasteiger partial charge in [0.05, 0.1) is 5.92 Å². The summed E-state index contributed by atoms with van der Waals surface area (Å²) in [5.74, 6) is 0.316. The van der Waals surface area contributed by atoms with Crippen molar-refractivity contribution in [1.29, 1.82) is 0 Å². The molecule has 1 atom stereocenters. The summed E-state index contributed by atoms with van der Waals surface area (Å²) >= 11 is 0. The number of carbonyl (C=O) groups is 1. The zero-order valence-electron chi connectivity index (χ0n) is 13.6. The first kappa shape index (κ1) is 15.5. The predicted octanol–water partition coefficient (Wildman–Crippen LogP) is 3.70. The molecule has 1 unspecified atom stereocenters. The van der Waals surface area contributed by atoms with E-state index in [1.165, 1.54) is 12.1 Å². The molecule has 1 aliphatic heterocycles. The van der Waals surface area contributed by atoms with E-state index in [1.54, 1.807) is 17.0 Å². The van der Waals surface area contributed by atoms with Crippen LogP contribution in [0.3, 0.4) is 0 Å². The number of carbonyl (C=O) groups excluding carboxylic acids is 1. The van der Waals surface area contributed by atoms with Gasteiger partial charge in [-0.05, 0) is 30.7 Å². The third-order valence-corrected chi connectivity index (χ3v) is 4.42. The Morgan fingerprint density at radius 1 is 1.20 bits per heavy atom. The van der Waals surface area contributed by atoms with Crippen molar-refractivity contribution in [2.75, 3.05) is 11.4 Å². The Hall–Kier alpha value is -3.02. The van der Waals surface area contributed by atoms with Crippen molar-refractivity contribution in [2.24, 2.45) is 0 Å².